The van der Waals surface area contributed by atoms with Crippen LogP contribution in [0.1, 0.15) is 0 Å². The van der Waals surface area contributed by atoms with Gasteiger partial charge in [0, 0.05) is 26.9 Å². The smallest absolute Gasteiger partial charge is 0.215 e. The van der Waals surface area contributed by atoms with Crippen LogP contribution in [0.3, 0.4) is 0 Å². The minimum absolute atomic E-state index is 0.0991. The van der Waals surface area contributed by atoms with Gasteiger partial charge in [-0.25, -0.2) is 21.1 Å². The van der Waals surface area contributed by atoms with Gasteiger partial charge in [0.1, 0.15) is 0 Å². The van der Waals surface area contributed by atoms with Gasteiger partial charge in [0.2, 0.25) is 10.0 Å². The average molecular weight is 306 g/mol. The SMILES string of the molecule is CN(C)S(=O)(=O)CCNc1ccccc1S(C)(=O)=O. The molecule has 8 heteroatoms. The van der Waals surface area contributed by atoms with E-state index in [1.165, 1.54) is 20.2 Å². The normalized spacial score (nSPS) is 12.6. The zero-order valence-corrected chi connectivity index (χ0v) is 12.8. The zero-order valence-electron chi connectivity index (χ0n) is 11.1. The van der Waals surface area contributed by atoms with Crippen molar-refractivity contribution in [1.82, 2.24) is 4.31 Å². The number of nitrogens with zero attached hydrogens (tertiary/aromatic N) is 1. The lowest BCUT2D eigenvalue weighted by atomic mass is 10.3. The molecule has 6 nitrogen and oxygen atoms in total. The van der Waals surface area contributed by atoms with Crippen LogP contribution in [0.2, 0.25) is 0 Å². The fourth-order valence-corrected chi connectivity index (χ4v) is 3.02. The summed E-state index contributed by atoms with van der Waals surface area (Å²) >= 11 is 0. The van der Waals surface area contributed by atoms with E-state index in [-0.39, 0.29) is 17.2 Å². The van der Waals surface area contributed by atoms with Gasteiger partial charge in [-0.15, -0.1) is 0 Å². The summed E-state index contributed by atoms with van der Waals surface area (Å²) in [5.41, 5.74) is 0.416. The van der Waals surface area contributed by atoms with E-state index >= 15 is 0 Å². The highest BCUT2D eigenvalue weighted by atomic mass is 32.2. The van der Waals surface area contributed by atoms with Gasteiger partial charge in [-0.1, -0.05) is 12.1 Å². The van der Waals surface area contributed by atoms with Crippen molar-refractivity contribution in [2.75, 3.05) is 38.0 Å². The number of nitrogens with one attached hydrogen (secondary N) is 1. The second-order valence-electron chi connectivity index (χ2n) is 4.29. The summed E-state index contributed by atoms with van der Waals surface area (Å²) in [5.74, 6) is -0.0991. The molecule has 0 aliphatic rings. The van der Waals surface area contributed by atoms with E-state index in [1.54, 1.807) is 18.2 Å². The summed E-state index contributed by atoms with van der Waals surface area (Å²) in [6.45, 7) is 0.146. The van der Waals surface area contributed by atoms with E-state index in [0.717, 1.165) is 10.6 Å². The van der Waals surface area contributed by atoms with E-state index < -0.39 is 19.9 Å². The van der Waals surface area contributed by atoms with E-state index in [0.29, 0.717) is 5.69 Å². The van der Waals surface area contributed by atoms with Crippen LogP contribution in [0.4, 0.5) is 5.69 Å². The van der Waals surface area contributed by atoms with E-state index in [4.69, 9.17) is 0 Å². The van der Waals surface area contributed by atoms with Crippen molar-refractivity contribution in [2.45, 2.75) is 4.90 Å². The number of anilines is 1. The fraction of sp³-hybridized carbons (Fsp3) is 0.455. The van der Waals surface area contributed by atoms with Crippen molar-refractivity contribution in [3.05, 3.63) is 24.3 Å². The van der Waals surface area contributed by atoms with Crippen LogP contribution in [0.25, 0.3) is 0 Å². The predicted octanol–water partition coefficient (Wildman–Crippen LogP) is 0.393. The summed E-state index contributed by atoms with van der Waals surface area (Å²) in [6, 6.07) is 6.41. The van der Waals surface area contributed by atoms with Crippen molar-refractivity contribution in [3.63, 3.8) is 0 Å². The van der Waals surface area contributed by atoms with Gasteiger partial charge in [-0.2, -0.15) is 0 Å². The third-order valence-corrected chi connectivity index (χ3v) is 5.51. The Bertz CT molecular complexity index is 636. The molecule has 0 aliphatic heterocycles. The fourth-order valence-electron chi connectivity index (χ4n) is 1.43. The number of para-hydroxylation sites is 1. The monoisotopic (exact) mass is 306 g/mol. The topological polar surface area (TPSA) is 83.6 Å². The molecule has 0 amide bonds. The molecule has 0 aromatic heterocycles. The molecule has 1 N–H and O–H groups in total. The second-order valence-corrected chi connectivity index (χ2v) is 8.58. The Hall–Kier alpha value is -1.12. The van der Waals surface area contributed by atoms with E-state index in [9.17, 15) is 16.8 Å². The maximum atomic E-state index is 11.6. The first-order valence-electron chi connectivity index (χ1n) is 5.58. The van der Waals surface area contributed by atoms with E-state index in [1.807, 2.05) is 0 Å². The van der Waals surface area contributed by atoms with Crippen LogP contribution >= 0.6 is 0 Å². The molecule has 0 aliphatic carbocycles. The molecule has 1 rings (SSSR count). The highest BCUT2D eigenvalue weighted by Crippen LogP contribution is 2.20. The highest BCUT2D eigenvalue weighted by Gasteiger charge is 2.15. The van der Waals surface area contributed by atoms with Crippen molar-refractivity contribution < 1.29 is 16.8 Å². The molecule has 19 heavy (non-hydrogen) atoms. The van der Waals surface area contributed by atoms with Gasteiger partial charge >= 0.3 is 0 Å². The highest BCUT2D eigenvalue weighted by molar-refractivity contribution is 7.91. The van der Waals surface area contributed by atoms with Gasteiger partial charge in [0.25, 0.3) is 0 Å². The van der Waals surface area contributed by atoms with Crippen LogP contribution in [-0.4, -0.2) is 53.8 Å². The van der Waals surface area contributed by atoms with Crippen LogP contribution in [0, 0.1) is 0 Å². The third-order valence-electron chi connectivity index (χ3n) is 2.52. The van der Waals surface area contributed by atoms with Crippen molar-refractivity contribution in [2.24, 2.45) is 0 Å². The Morgan fingerprint density at radius 2 is 1.68 bits per heavy atom. The minimum Gasteiger partial charge on any atom is -0.383 e. The first-order valence-corrected chi connectivity index (χ1v) is 9.08. The number of hydrogen-bond donors (Lipinski definition) is 1. The molecule has 0 spiro atoms. The molecule has 0 atom stereocenters. The maximum Gasteiger partial charge on any atom is 0.215 e. The summed E-state index contributed by atoms with van der Waals surface area (Å²) in [6.07, 6.45) is 1.12. The lowest BCUT2D eigenvalue weighted by Crippen LogP contribution is -2.28. The van der Waals surface area contributed by atoms with Gasteiger partial charge in [-0.3, -0.25) is 0 Å². The molecular formula is C11H18N2O4S2. The molecule has 108 valence electrons. The van der Waals surface area contributed by atoms with Gasteiger partial charge in [-0.05, 0) is 12.1 Å². The minimum atomic E-state index is -3.34. The number of rotatable bonds is 6. The summed E-state index contributed by atoms with van der Waals surface area (Å²) < 4.78 is 47.4. The molecule has 0 radical (unpaired) electrons. The molecule has 1 aromatic carbocycles. The Morgan fingerprint density at radius 3 is 2.21 bits per heavy atom. The van der Waals surface area contributed by atoms with Crippen LogP contribution < -0.4 is 5.32 Å². The molecule has 0 unspecified atom stereocenters. The van der Waals surface area contributed by atoms with Gasteiger partial charge in [0.05, 0.1) is 16.3 Å². The number of sulfonamides is 1. The molecule has 0 fully saturated rings. The Kier molecular flexibility index (Phi) is 4.94. The van der Waals surface area contributed by atoms with Crippen molar-refractivity contribution in [3.8, 4) is 0 Å². The van der Waals surface area contributed by atoms with Gasteiger partial charge < -0.3 is 5.32 Å². The molecule has 0 saturated heterocycles. The molecular weight excluding hydrogens is 288 g/mol. The van der Waals surface area contributed by atoms with Crippen molar-refractivity contribution in [1.29, 1.82) is 0 Å². The average Bonchev–Trinajstić information content (AvgIpc) is 2.27. The first-order chi connectivity index (χ1) is 8.64. The molecule has 1 aromatic rings. The van der Waals surface area contributed by atoms with E-state index in [2.05, 4.69) is 5.32 Å². The van der Waals surface area contributed by atoms with Crippen LogP contribution in [0.5, 0.6) is 0 Å². The largest absolute Gasteiger partial charge is 0.383 e. The Labute approximate surface area is 114 Å². The molecule has 0 saturated carbocycles. The summed E-state index contributed by atoms with van der Waals surface area (Å²) in [5, 5.41) is 2.85. The third kappa shape index (κ3) is 4.48. The number of benzene rings is 1. The van der Waals surface area contributed by atoms with Crippen LogP contribution in [0.15, 0.2) is 29.2 Å². The first kappa shape index (κ1) is 15.9. The number of hydrogen-bond acceptors (Lipinski definition) is 5. The lowest BCUT2D eigenvalue weighted by Gasteiger charge is -2.13. The second kappa shape index (κ2) is 5.89. The Balaban J connectivity index is 2.81. The standard InChI is InChI=1S/C11H18N2O4S2/c1-13(2)19(16,17)9-8-12-10-6-4-5-7-11(10)18(3,14)15/h4-7,12H,8-9H2,1-3H3. The molecule has 0 bridgehead atoms. The summed E-state index contributed by atoms with van der Waals surface area (Å²) in [4.78, 5) is 0.164. The Morgan fingerprint density at radius 1 is 1.11 bits per heavy atom. The summed E-state index contributed by atoms with van der Waals surface area (Å²) in [7, 11) is -3.72. The van der Waals surface area contributed by atoms with Crippen molar-refractivity contribution >= 4 is 25.5 Å². The van der Waals surface area contributed by atoms with Crippen LogP contribution in [-0.2, 0) is 19.9 Å². The van der Waals surface area contributed by atoms with Gasteiger partial charge in [0.15, 0.2) is 9.84 Å². The zero-order chi connectivity index (χ0) is 14.7. The quantitative estimate of drug-likeness (QED) is 0.822. The molecule has 0 heterocycles. The predicted molar refractivity (Wildman–Crippen MR) is 75.5 cm³/mol. The maximum absolute atomic E-state index is 11.6. The number of sulfone groups is 1. The lowest BCUT2D eigenvalue weighted by molar-refractivity contribution is 0.521.